The number of halogens is 1. The van der Waals surface area contributed by atoms with Gasteiger partial charge in [0, 0.05) is 18.8 Å². The highest BCUT2D eigenvalue weighted by molar-refractivity contribution is 7.10. The lowest BCUT2D eigenvalue weighted by atomic mass is 10.1. The minimum Gasteiger partial charge on any atom is -0.387 e. The number of aliphatic hydroxyl groups is 1. The fourth-order valence-electron chi connectivity index (χ4n) is 1.38. The third-order valence-corrected chi connectivity index (χ3v) is 3.56. The molecule has 2 heterocycles. The molecule has 0 aliphatic heterocycles. The molecule has 0 saturated heterocycles. The summed E-state index contributed by atoms with van der Waals surface area (Å²) in [5.74, 6) is 0. The van der Waals surface area contributed by atoms with E-state index in [-0.39, 0.29) is 0 Å². The van der Waals surface area contributed by atoms with Crippen LogP contribution in [-0.4, -0.2) is 10.1 Å². The molecule has 0 fully saturated rings. The summed E-state index contributed by atoms with van der Waals surface area (Å²) in [6.07, 6.45) is 3.48. The van der Waals surface area contributed by atoms with Gasteiger partial charge in [-0.25, -0.2) is 0 Å². The third-order valence-electron chi connectivity index (χ3n) is 2.10. The fraction of sp³-hybridized carbons (Fsp3) is 0.182. The number of pyridine rings is 1. The van der Waals surface area contributed by atoms with Gasteiger partial charge in [0.2, 0.25) is 0 Å². The first-order chi connectivity index (χ1) is 7.27. The van der Waals surface area contributed by atoms with Crippen LogP contribution in [-0.2, 0) is 6.42 Å². The SMILES string of the molecule is OC(Cc1cccnc1)c1sccc1Cl. The van der Waals surface area contributed by atoms with Crippen LogP contribution in [0.2, 0.25) is 5.02 Å². The Morgan fingerprint density at radius 2 is 2.33 bits per heavy atom. The van der Waals surface area contributed by atoms with Crippen molar-refractivity contribution in [1.29, 1.82) is 0 Å². The van der Waals surface area contributed by atoms with Crippen LogP contribution in [0.15, 0.2) is 36.0 Å². The zero-order chi connectivity index (χ0) is 10.7. The number of nitrogens with zero attached hydrogens (tertiary/aromatic N) is 1. The summed E-state index contributed by atoms with van der Waals surface area (Å²) in [4.78, 5) is 4.82. The molecule has 2 rings (SSSR count). The van der Waals surface area contributed by atoms with Crippen molar-refractivity contribution in [3.05, 3.63) is 51.4 Å². The summed E-state index contributed by atoms with van der Waals surface area (Å²) >= 11 is 7.41. The molecule has 2 aromatic rings. The maximum absolute atomic E-state index is 9.94. The lowest BCUT2D eigenvalue weighted by Gasteiger charge is -2.08. The largest absolute Gasteiger partial charge is 0.387 e. The van der Waals surface area contributed by atoms with E-state index in [1.54, 1.807) is 18.5 Å². The van der Waals surface area contributed by atoms with Gasteiger partial charge in [-0.3, -0.25) is 4.98 Å². The molecular weight excluding hydrogens is 230 g/mol. The van der Waals surface area contributed by atoms with E-state index in [2.05, 4.69) is 4.98 Å². The standard InChI is InChI=1S/C11H10ClNOS/c12-9-3-5-15-11(9)10(14)6-8-2-1-4-13-7-8/h1-5,7,10,14H,6H2. The molecule has 1 unspecified atom stereocenters. The zero-order valence-electron chi connectivity index (χ0n) is 7.93. The Bertz CT molecular complexity index is 429. The van der Waals surface area contributed by atoms with E-state index in [0.717, 1.165) is 10.4 Å². The van der Waals surface area contributed by atoms with Crippen LogP contribution in [0.4, 0.5) is 0 Å². The maximum Gasteiger partial charge on any atom is 0.0937 e. The highest BCUT2D eigenvalue weighted by atomic mass is 35.5. The van der Waals surface area contributed by atoms with Gasteiger partial charge in [-0.2, -0.15) is 0 Å². The molecule has 2 nitrogen and oxygen atoms in total. The van der Waals surface area contributed by atoms with Crippen LogP contribution in [0, 0.1) is 0 Å². The summed E-state index contributed by atoms with van der Waals surface area (Å²) in [6.45, 7) is 0. The van der Waals surface area contributed by atoms with E-state index >= 15 is 0 Å². The highest BCUT2D eigenvalue weighted by Crippen LogP contribution is 2.30. The van der Waals surface area contributed by atoms with Crippen LogP contribution < -0.4 is 0 Å². The van der Waals surface area contributed by atoms with Gasteiger partial charge in [0.1, 0.15) is 0 Å². The lowest BCUT2D eigenvalue weighted by Crippen LogP contribution is -2.00. The van der Waals surface area contributed by atoms with Crippen LogP contribution in [0.25, 0.3) is 0 Å². The second-order valence-corrected chi connectivity index (χ2v) is 4.57. The van der Waals surface area contributed by atoms with Crippen molar-refractivity contribution in [2.24, 2.45) is 0 Å². The Hall–Kier alpha value is -0.900. The summed E-state index contributed by atoms with van der Waals surface area (Å²) in [5, 5.41) is 12.5. The minimum atomic E-state index is -0.540. The van der Waals surface area contributed by atoms with Crippen molar-refractivity contribution in [2.75, 3.05) is 0 Å². The Morgan fingerprint density at radius 3 is 2.93 bits per heavy atom. The van der Waals surface area contributed by atoms with Gasteiger partial charge in [-0.05, 0) is 23.1 Å². The number of aliphatic hydroxyl groups excluding tert-OH is 1. The van der Waals surface area contributed by atoms with Gasteiger partial charge < -0.3 is 5.11 Å². The topological polar surface area (TPSA) is 33.1 Å². The summed E-state index contributed by atoms with van der Waals surface area (Å²) < 4.78 is 0. The van der Waals surface area contributed by atoms with Crippen LogP contribution in [0.3, 0.4) is 0 Å². The summed E-state index contributed by atoms with van der Waals surface area (Å²) in [6, 6.07) is 5.60. The van der Waals surface area contributed by atoms with Crippen LogP contribution in [0.5, 0.6) is 0 Å². The Kier molecular flexibility index (Phi) is 3.36. The quantitative estimate of drug-likeness (QED) is 0.893. The third kappa shape index (κ3) is 2.56. The maximum atomic E-state index is 9.94. The lowest BCUT2D eigenvalue weighted by molar-refractivity contribution is 0.182. The van der Waals surface area contributed by atoms with Crippen molar-refractivity contribution in [3.63, 3.8) is 0 Å². The van der Waals surface area contributed by atoms with Crippen molar-refractivity contribution in [1.82, 2.24) is 4.98 Å². The molecule has 2 aromatic heterocycles. The monoisotopic (exact) mass is 239 g/mol. The minimum absolute atomic E-state index is 0.540. The van der Waals surface area contributed by atoms with Gasteiger partial charge in [0.25, 0.3) is 0 Å². The number of rotatable bonds is 3. The molecule has 0 bridgehead atoms. The molecule has 1 atom stereocenters. The van der Waals surface area contributed by atoms with E-state index in [1.807, 2.05) is 17.5 Å². The predicted molar refractivity (Wildman–Crippen MR) is 62.2 cm³/mol. The van der Waals surface area contributed by atoms with Crippen molar-refractivity contribution in [2.45, 2.75) is 12.5 Å². The van der Waals surface area contributed by atoms with E-state index in [0.29, 0.717) is 11.4 Å². The second kappa shape index (κ2) is 4.75. The number of thiophene rings is 1. The number of hydrogen-bond donors (Lipinski definition) is 1. The molecule has 0 aromatic carbocycles. The Labute approximate surface area is 97.2 Å². The normalized spacial score (nSPS) is 12.7. The average molecular weight is 240 g/mol. The number of hydrogen-bond acceptors (Lipinski definition) is 3. The van der Waals surface area contributed by atoms with Crippen LogP contribution >= 0.6 is 22.9 Å². The van der Waals surface area contributed by atoms with Crippen molar-refractivity contribution in [3.8, 4) is 0 Å². The molecule has 1 N–H and O–H groups in total. The molecule has 78 valence electrons. The molecule has 4 heteroatoms. The second-order valence-electron chi connectivity index (χ2n) is 3.21. The first-order valence-corrected chi connectivity index (χ1v) is 5.83. The van der Waals surface area contributed by atoms with E-state index in [1.165, 1.54) is 11.3 Å². The van der Waals surface area contributed by atoms with Gasteiger partial charge >= 0.3 is 0 Å². The first kappa shape index (κ1) is 10.6. The van der Waals surface area contributed by atoms with Crippen molar-refractivity contribution < 1.29 is 5.11 Å². The Balaban J connectivity index is 2.11. The molecule has 0 spiro atoms. The fourth-order valence-corrected chi connectivity index (χ4v) is 2.55. The number of aromatic nitrogens is 1. The van der Waals surface area contributed by atoms with Gasteiger partial charge in [-0.1, -0.05) is 17.7 Å². The van der Waals surface area contributed by atoms with Gasteiger partial charge in [0.05, 0.1) is 16.0 Å². The summed E-state index contributed by atoms with van der Waals surface area (Å²) in [7, 11) is 0. The highest BCUT2D eigenvalue weighted by Gasteiger charge is 2.13. The molecule has 0 radical (unpaired) electrons. The molecule has 0 aliphatic carbocycles. The molecule has 0 amide bonds. The predicted octanol–water partition coefficient (Wildman–Crippen LogP) is 3.07. The molecule has 0 aliphatic rings. The van der Waals surface area contributed by atoms with Gasteiger partial charge in [-0.15, -0.1) is 11.3 Å². The van der Waals surface area contributed by atoms with Crippen molar-refractivity contribution >= 4 is 22.9 Å². The van der Waals surface area contributed by atoms with E-state index in [4.69, 9.17) is 11.6 Å². The molecular formula is C11H10ClNOS. The van der Waals surface area contributed by atoms with E-state index in [9.17, 15) is 5.11 Å². The van der Waals surface area contributed by atoms with E-state index < -0.39 is 6.10 Å². The summed E-state index contributed by atoms with van der Waals surface area (Å²) in [5.41, 5.74) is 1.01. The smallest absolute Gasteiger partial charge is 0.0937 e. The Morgan fingerprint density at radius 1 is 1.47 bits per heavy atom. The molecule has 0 saturated carbocycles. The van der Waals surface area contributed by atoms with Gasteiger partial charge in [0.15, 0.2) is 0 Å². The zero-order valence-corrected chi connectivity index (χ0v) is 9.50. The molecule has 15 heavy (non-hydrogen) atoms. The van der Waals surface area contributed by atoms with Crippen LogP contribution in [0.1, 0.15) is 16.5 Å². The average Bonchev–Trinajstić information content (AvgIpc) is 2.66. The first-order valence-electron chi connectivity index (χ1n) is 4.57.